The average Bonchev–Trinajstić information content (AvgIpc) is 3.43. The van der Waals surface area contributed by atoms with E-state index in [0.717, 1.165) is 50.5 Å². The van der Waals surface area contributed by atoms with Crippen LogP contribution in [0.1, 0.15) is 16.8 Å². The first-order valence-electron chi connectivity index (χ1n) is 11.0. The molecule has 0 spiro atoms. The van der Waals surface area contributed by atoms with E-state index < -0.39 is 0 Å². The topological polar surface area (TPSA) is 76.8 Å². The Morgan fingerprint density at radius 2 is 1.91 bits per heavy atom. The fraction of sp³-hybridized carbons (Fsp3) is 0.185. The lowest BCUT2D eigenvalue weighted by atomic mass is 10.0. The van der Waals surface area contributed by atoms with Gasteiger partial charge in [-0.1, -0.05) is 36.4 Å². The Morgan fingerprint density at radius 3 is 2.70 bits per heavy atom. The highest BCUT2D eigenvalue weighted by atomic mass is 32.1. The number of thiophene rings is 1. The van der Waals surface area contributed by atoms with Crippen LogP contribution in [0.15, 0.2) is 72.2 Å². The third-order valence-electron chi connectivity index (χ3n) is 5.69. The predicted octanol–water partition coefficient (Wildman–Crippen LogP) is 5.92. The molecule has 3 N–H and O–H groups in total. The maximum Gasteiger partial charge on any atom is 0.138 e. The summed E-state index contributed by atoms with van der Waals surface area (Å²) < 4.78 is 6.09. The molecule has 5 nitrogen and oxygen atoms in total. The number of ether oxygens (including phenoxy) is 1. The van der Waals surface area contributed by atoms with Gasteiger partial charge in [0.2, 0.25) is 0 Å². The lowest BCUT2D eigenvalue weighted by Gasteiger charge is -2.15. The summed E-state index contributed by atoms with van der Waals surface area (Å²) in [7, 11) is 0. The quantitative estimate of drug-likeness (QED) is 0.320. The highest BCUT2D eigenvalue weighted by Crippen LogP contribution is 2.37. The van der Waals surface area contributed by atoms with Gasteiger partial charge in [0.15, 0.2) is 0 Å². The Morgan fingerprint density at radius 1 is 1.06 bits per heavy atom. The van der Waals surface area contributed by atoms with Gasteiger partial charge in [0.1, 0.15) is 12.4 Å². The zero-order chi connectivity index (χ0) is 22.8. The van der Waals surface area contributed by atoms with Gasteiger partial charge in [-0.3, -0.25) is 10.1 Å². The van der Waals surface area contributed by atoms with Crippen molar-refractivity contribution in [2.45, 2.75) is 26.3 Å². The molecule has 1 atom stereocenters. The van der Waals surface area contributed by atoms with Gasteiger partial charge in [-0.05, 0) is 66.6 Å². The molecule has 166 valence electrons. The van der Waals surface area contributed by atoms with Crippen LogP contribution in [-0.2, 0) is 6.42 Å². The van der Waals surface area contributed by atoms with Gasteiger partial charge in [0, 0.05) is 22.7 Å². The largest absolute Gasteiger partial charge is 0.490 e. The molecule has 0 fully saturated rings. The standard InChI is InChI=1S/C27H26N4OS/c1-17-10-26(33-16-17)27-24(20-8-9-25-23(12-20)18(2)30-31-25)13-22(14-29-27)32-15-21(28)11-19-6-4-3-5-7-19/h3-10,12-14,16,21H,11,15,28H2,1-2H3,(H,30,31)/t21-/m0/s1. The number of nitrogens with one attached hydrogen (secondary N) is 1. The van der Waals surface area contributed by atoms with Gasteiger partial charge in [0.05, 0.1) is 22.3 Å². The van der Waals surface area contributed by atoms with Crippen molar-refractivity contribution in [1.82, 2.24) is 15.2 Å². The van der Waals surface area contributed by atoms with Gasteiger partial charge < -0.3 is 10.5 Å². The molecule has 0 aliphatic carbocycles. The number of benzene rings is 2. The number of fused-ring (bicyclic) bond motifs is 1. The van der Waals surface area contributed by atoms with Gasteiger partial charge >= 0.3 is 0 Å². The van der Waals surface area contributed by atoms with Crippen molar-refractivity contribution in [3.05, 3.63) is 89.1 Å². The number of aryl methyl sites for hydroxylation is 2. The summed E-state index contributed by atoms with van der Waals surface area (Å²) in [6.45, 7) is 4.56. The summed E-state index contributed by atoms with van der Waals surface area (Å²) in [6, 6.07) is 20.7. The second kappa shape index (κ2) is 9.17. The molecular weight excluding hydrogens is 428 g/mol. The zero-order valence-corrected chi connectivity index (χ0v) is 19.5. The van der Waals surface area contributed by atoms with E-state index in [-0.39, 0.29) is 6.04 Å². The van der Waals surface area contributed by atoms with Crippen LogP contribution in [-0.4, -0.2) is 27.8 Å². The summed E-state index contributed by atoms with van der Waals surface area (Å²) in [5, 5.41) is 10.7. The van der Waals surface area contributed by atoms with Gasteiger partial charge in [-0.15, -0.1) is 11.3 Å². The number of rotatable bonds is 7. The SMILES string of the molecule is Cc1csc(-c2ncc(OC[C@@H](N)Cc3ccccc3)cc2-c2ccc3n[nH]c(C)c3c2)c1. The fourth-order valence-corrected chi connectivity index (χ4v) is 4.89. The Kier molecular flexibility index (Phi) is 5.94. The molecule has 0 unspecified atom stereocenters. The number of aromatic nitrogens is 3. The Bertz CT molecular complexity index is 1390. The highest BCUT2D eigenvalue weighted by Gasteiger charge is 2.15. The van der Waals surface area contributed by atoms with Crippen LogP contribution in [0.4, 0.5) is 0 Å². The molecule has 0 saturated carbocycles. The van der Waals surface area contributed by atoms with Crippen LogP contribution < -0.4 is 10.5 Å². The first-order chi connectivity index (χ1) is 16.1. The van der Waals surface area contributed by atoms with E-state index in [1.165, 1.54) is 11.1 Å². The van der Waals surface area contributed by atoms with E-state index in [0.29, 0.717) is 6.61 Å². The third kappa shape index (κ3) is 4.67. The highest BCUT2D eigenvalue weighted by molar-refractivity contribution is 7.13. The number of H-pyrrole nitrogens is 1. The number of hydrogen-bond acceptors (Lipinski definition) is 5. The van der Waals surface area contributed by atoms with E-state index in [4.69, 9.17) is 15.5 Å². The molecule has 6 heteroatoms. The first kappa shape index (κ1) is 21.4. The number of nitrogens with two attached hydrogens (primary N) is 1. The normalized spacial score (nSPS) is 12.2. The van der Waals surface area contributed by atoms with Crippen LogP contribution in [0.5, 0.6) is 5.75 Å². The van der Waals surface area contributed by atoms with E-state index in [1.54, 1.807) is 17.5 Å². The summed E-state index contributed by atoms with van der Waals surface area (Å²) in [6.07, 6.45) is 2.56. The number of nitrogens with zero attached hydrogens (tertiary/aromatic N) is 2. The molecule has 3 aromatic heterocycles. The molecule has 0 amide bonds. The average molecular weight is 455 g/mol. The van der Waals surface area contributed by atoms with Crippen molar-refractivity contribution < 1.29 is 4.74 Å². The molecule has 0 aliphatic heterocycles. The molecule has 33 heavy (non-hydrogen) atoms. The molecule has 2 aromatic carbocycles. The molecule has 3 heterocycles. The second-order valence-electron chi connectivity index (χ2n) is 8.40. The van der Waals surface area contributed by atoms with E-state index in [2.05, 4.69) is 58.9 Å². The maximum atomic E-state index is 6.34. The molecule has 0 bridgehead atoms. The third-order valence-corrected chi connectivity index (χ3v) is 6.74. The van der Waals surface area contributed by atoms with Gasteiger partial charge in [0.25, 0.3) is 0 Å². The van der Waals surface area contributed by atoms with E-state index in [9.17, 15) is 0 Å². The zero-order valence-electron chi connectivity index (χ0n) is 18.7. The van der Waals surface area contributed by atoms with Crippen molar-refractivity contribution in [3.63, 3.8) is 0 Å². The molecule has 0 saturated heterocycles. The van der Waals surface area contributed by atoms with Crippen LogP contribution in [0.25, 0.3) is 32.6 Å². The molecular formula is C27H26N4OS. The maximum absolute atomic E-state index is 6.34. The first-order valence-corrected chi connectivity index (χ1v) is 11.9. The smallest absolute Gasteiger partial charge is 0.138 e. The summed E-state index contributed by atoms with van der Waals surface area (Å²) >= 11 is 1.70. The number of aromatic amines is 1. The van der Waals surface area contributed by atoms with Crippen molar-refractivity contribution in [2.75, 3.05) is 6.61 Å². The Labute approximate surface area is 197 Å². The van der Waals surface area contributed by atoms with E-state index in [1.807, 2.05) is 31.2 Å². The summed E-state index contributed by atoms with van der Waals surface area (Å²) in [5.41, 5.74) is 13.9. The summed E-state index contributed by atoms with van der Waals surface area (Å²) in [4.78, 5) is 5.95. The minimum absolute atomic E-state index is 0.0968. The number of hydrogen-bond donors (Lipinski definition) is 2. The van der Waals surface area contributed by atoms with Gasteiger partial charge in [-0.2, -0.15) is 5.10 Å². The van der Waals surface area contributed by atoms with Crippen molar-refractivity contribution in [1.29, 1.82) is 0 Å². The van der Waals surface area contributed by atoms with Crippen molar-refractivity contribution in [3.8, 4) is 27.4 Å². The van der Waals surface area contributed by atoms with Crippen molar-refractivity contribution in [2.24, 2.45) is 5.73 Å². The van der Waals surface area contributed by atoms with Crippen LogP contribution in [0, 0.1) is 13.8 Å². The second-order valence-corrected chi connectivity index (χ2v) is 9.31. The van der Waals surface area contributed by atoms with Crippen LogP contribution in [0.3, 0.4) is 0 Å². The minimum Gasteiger partial charge on any atom is -0.490 e. The van der Waals surface area contributed by atoms with Crippen LogP contribution >= 0.6 is 11.3 Å². The minimum atomic E-state index is -0.0968. The summed E-state index contributed by atoms with van der Waals surface area (Å²) in [5.74, 6) is 0.717. The molecule has 5 aromatic rings. The predicted molar refractivity (Wildman–Crippen MR) is 136 cm³/mol. The Balaban J connectivity index is 1.45. The number of pyridine rings is 1. The Hall–Kier alpha value is -3.48. The van der Waals surface area contributed by atoms with Gasteiger partial charge in [-0.25, -0.2) is 0 Å². The monoisotopic (exact) mass is 454 g/mol. The lowest BCUT2D eigenvalue weighted by Crippen LogP contribution is -2.30. The molecule has 0 radical (unpaired) electrons. The van der Waals surface area contributed by atoms with E-state index >= 15 is 0 Å². The fourth-order valence-electron chi connectivity index (χ4n) is 3.98. The molecule has 0 aliphatic rings. The molecule has 5 rings (SSSR count). The van der Waals surface area contributed by atoms with Crippen molar-refractivity contribution >= 4 is 22.2 Å². The lowest BCUT2D eigenvalue weighted by molar-refractivity contribution is 0.287. The van der Waals surface area contributed by atoms with Crippen LogP contribution in [0.2, 0.25) is 0 Å².